The van der Waals surface area contributed by atoms with E-state index in [0.717, 1.165) is 25.9 Å². The van der Waals surface area contributed by atoms with Gasteiger partial charge < -0.3 is 4.90 Å². The van der Waals surface area contributed by atoms with Gasteiger partial charge in [0.15, 0.2) is 10.9 Å². The number of nitrogens with zero attached hydrogens (tertiary/aromatic N) is 2. The number of carbonyl (C=O) groups is 2. The molecule has 1 aliphatic rings. The second kappa shape index (κ2) is 5.95. The van der Waals surface area contributed by atoms with Crippen LogP contribution in [0.3, 0.4) is 0 Å². The van der Waals surface area contributed by atoms with Crippen LogP contribution in [0.15, 0.2) is 5.38 Å². The van der Waals surface area contributed by atoms with E-state index in [9.17, 15) is 9.59 Å². The predicted octanol–water partition coefficient (Wildman–Crippen LogP) is 2.75. The number of anilines is 1. The molecule has 1 aromatic heterocycles. The second-order valence-corrected chi connectivity index (χ2v) is 5.28. The Morgan fingerprint density at radius 1 is 1.28 bits per heavy atom. The van der Waals surface area contributed by atoms with Gasteiger partial charge in [-0.2, -0.15) is 0 Å². The van der Waals surface area contributed by atoms with E-state index < -0.39 is 0 Å². The van der Waals surface area contributed by atoms with Gasteiger partial charge in [0.2, 0.25) is 0 Å². The summed E-state index contributed by atoms with van der Waals surface area (Å²) in [5, 5.41) is 4.92. The number of hydrogen-bond acceptors (Lipinski definition) is 4. The van der Waals surface area contributed by atoms with Crippen molar-refractivity contribution < 1.29 is 9.59 Å². The highest BCUT2D eigenvalue weighted by Crippen LogP contribution is 2.17. The fourth-order valence-electron chi connectivity index (χ4n) is 1.94. The van der Waals surface area contributed by atoms with Crippen LogP contribution in [-0.4, -0.2) is 34.8 Å². The molecule has 1 fully saturated rings. The first-order valence-electron chi connectivity index (χ1n) is 6.19. The van der Waals surface area contributed by atoms with Crippen LogP contribution < -0.4 is 5.32 Å². The molecule has 1 aromatic rings. The SMILES string of the molecule is CC(=O)c1csc(NC(=O)N2CCCCCC2)n1. The summed E-state index contributed by atoms with van der Waals surface area (Å²) in [5.41, 5.74) is 0.408. The second-order valence-electron chi connectivity index (χ2n) is 4.43. The molecule has 0 aliphatic carbocycles. The van der Waals surface area contributed by atoms with Gasteiger partial charge in [-0.1, -0.05) is 12.8 Å². The molecular weight excluding hydrogens is 250 g/mol. The zero-order chi connectivity index (χ0) is 13.0. The number of urea groups is 1. The Morgan fingerprint density at radius 3 is 2.50 bits per heavy atom. The zero-order valence-electron chi connectivity index (χ0n) is 10.4. The summed E-state index contributed by atoms with van der Waals surface area (Å²) in [6.07, 6.45) is 4.50. The van der Waals surface area contributed by atoms with Crippen molar-refractivity contribution in [2.24, 2.45) is 0 Å². The number of thiazole rings is 1. The summed E-state index contributed by atoms with van der Waals surface area (Å²) in [4.78, 5) is 29.0. The van der Waals surface area contributed by atoms with Crippen LogP contribution in [0.4, 0.5) is 9.93 Å². The van der Waals surface area contributed by atoms with E-state index in [1.54, 1.807) is 5.38 Å². The molecule has 0 unspecified atom stereocenters. The fraction of sp³-hybridized carbons (Fsp3) is 0.583. The third-order valence-electron chi connectivity index (χ3n) is 2.97. The van der Waals surface area contributed by atoms with Crippen LogP contribution in [-0.2, 0) is 0 Å². The Labute approximate surface area is 110 Å². The van der Waals surface area contributed by atoms with E-state index in [-0.39, 0.29) is 11.8 Å². The highest BCUT2D eigenvalue weighted by Gasteiger charge is 2.17. The summed E-state index contributed by atoms with van der Waals surface area (Å²) in [7, 11) is 0. The molecule has 0 spiro atoms. The average molecular weight is 267 g/mol. The highest BCUT2D eigenvalue weighted by atomic mass is 32.1. The first-order chi connectivity index (χ1) is 8.66. The maximum Gasteiger partial charge on any atom is 0.323 e. The topological polar surface area (TPSA) is 62.3 Å². The van der Waals surface area contributed by atoms with Crippen LogP contribution in [0.2, 0.25) is 0 Å². The third-order valence-corrected chi connectivity index (χ3v) is 3.73. The first-order valence-corrected chi connectivity index (χ1v) is 7.07. The van der Waals surface area contributed by atoms with Gasteiger partial charge in [-0.05, 0) is 12.8 Å². The normalized spacial score (nSPS) is 16.2. The molecule has 0 radical (unpaired) electrons. The number of rotatable bonds is 2. The lowest BCUT2D eigenvalue weighted by Crippen LogP contribution is -2.35. The zero-order valence-corrected chi connectivity index (χ0v) is 11.3. The van der Waals surface area contributed by atoms with Crippen molar-refractivity contribution >= 4 is 28.3 Å². The van der Waals surface area contributed by atoms with Gasteiger partial charge in [0.1, 0.15) is 5.69 Å². The number of carbonyl (C=O) groups excluding carboxylic acids is 2. The van der Waals surface area contributed by atoms with Gasteiger partial charge >= 0.3 is 6.03 Å². The molecule has 18 heavy (non-hydrogen) atoms. The monoisotopic (exact) mass is 267 g/mol. The quantitative estimate of drug-likeness (QED) is 0.838. The molecule has 2 rings (SSSR count). The van der Waals surface area contributed by atoms with E-state index in [2.05, 4.69) is 10.3 Å². The van der Waals surface area contributed by atoms with Crippen LogP contribution in [0.25, 0.3) is 0 Å². The first kappa shape index (κ1) is 13.0. The summed E-state index contributed by atoms with van der Waals surface area (Å²) in [6.45, 7) is 3.07. The van der Waals surface area contributed by atoms with Crippen molar-refractivity contribution in [3.63, 3.8) is 0 Å². The van der Waals surface area contributed by atoms with Gasteiger partial charge in [0.05, 0.1) is 0 Å². The van der Waals surface area contributed by atoms with E-state index in [4.69, 9.17) is 0 Å². The van der Waals surface area contributed by atoms with E-state index in [0.29, 0.717) is 10.8 Å². The molecule has 0 aromatic carbocycles. The van der Waals surface area contributed by atoms with Crippen molar-refractivity contribution in [1.82, 2.24) is 9.88 Å². The van der Waals surface area contributed by atoms with E-state index in [1.165, 1.54) is 31.1 Å². The number of hydrogen-bond donors (Lipinski definition) is 1. The lowest BCUT2D eigenvalue weighted by atomic mass is 10.2. The number of nitrogens with one attached hydrogen (secondary N) is 1. The highest BCUT2D eigenvalue weighted by molar-refractivity contribution is 7.14. The lowest BCUT2D eigenvalue weighted by Gasteiger charge is -2.19. The van der Waals surface area contributed by atoms with Crippen LogP contribution >= 0.6 is 11.3 Å². The van der Waals surface area contributed by atoms with Crippen LogP contribution in [0.5, 0.6) is 0 Å². The maximum atomic E-state index is 12.0. The van der Waals surface area contributed by atoms with Crippen LogP contribution in [0, 0.1) is 0 Å². The lowest BCUT2D eigenvalue weighted by molar-refractivity contribution is 0.101. The number of Topliss-reactive ketones (excluding diaryl/α,β-unsaturated/α-hetero) is 1. The molecular formula is C12H17N3O2S. The molecule has 98 valence electrons. The van der Waals surface area contributed by atoms with Crippen molar-refractivity contribution in [3.8, 4) is 0 Å². The fourth-order valence-corrected chi connectivity index (χ4v) is 2.68. The van der Waals surface area contributed by atoms with Crippen molar-refractivity contribution in [3.05, 3.63) is 11.1 Å². The molecule has 2 amide bonds. The molecule has 2 heterocycles. The van der Waals surface area contributed by atoms with Gasteiger partial charge in [-0.25, -0.2) is 9.78 Å². The number of likely N-dealkylation sites (tertiary alicyclic amines) is 1. The molecule has 6 heteroatoms. The predicted molar refractivity (Wildman–Crippen MR) is 71.2 cm³/mol. The summed E-state index contributed by atoms with van der Waals surface area (Å²) in [6, 6.07) is -0.110. The minimum atomic E-state index is -0.110. The minimum absolute atomic E-state index is 0.0819. The van der Waals surface area contributed by atoms with Crippen molar-refractivity contribution in [2.75, 3.05) is 18.4 Å². The molecule has 0 atom stereocenters. The summed E-state index contributed by atoms with van der Waals surface area (Å²) < 4.78 is 0. The molecule has 1 saturated heterocycles. The Morgan fingerprint density at radius 2 is 1.94 bits per heavy atom. The Balaban J connectivity index is 1.94. The van der Waals surface area contributed by atoms with Gasteiger partial charge in [0.25, 0.3) is 0 Å². The molecule has 0 bridgehead atoms. The van der Waals surface area contributed by atoms with Crippen molar-refractivity contribution in [2.45, 2.75) is 32.6 Å². The van der Waals surface area contributed by atoms with Gasteiger partial charge in [-0.15, -0.1) is 11.3 Å². The molecule has 5 nitrogen and oxygen atoms in total. The van der Waals surface area contributed by atoms with Gasteiger partial charge in [-0.3, -0.25) is 10.1 Å². The van der Waals surface area contributed by atoms with Crippen molar-refractivity contribution in [1.29, 1.82) is 0 Å². The average Bonchev–Trinajstić information content (AvgIpc) is 2.64. The summed E-state index contributed by atoms with van der Waals surface area (Å²) >= 11 is 1.28. The van der Waals surface area contributed by atoms with E-state index in [1.807, 2.05) is 4.90 Å². The third kappa shape index (κ3) is 3.29. The minimum Gasteiger partial charge on any atom is -0.324 e. The van der Waals surface area contributed by atoms with E-state index >= 15 is 0 Å². The Kier molecular flexibility index (Phi) is 4.30. The standard InChI is InChI=1S/C12H17N3O2S/c1-9(16)10-8-18-11(13-10)14-12(17)15-6-4-2-3-5-7-15/h8H,2-7H2,1H3,(H,13,14,17). The van der Waals surface area contributed by atoms with Crippen LogP contribution in [0.1, 0.15) is 43.1 Å². The summed E-state index contributed by atoms with van der Waals surface area (Å²) in [5.74, 6) is -0.0819. The maximum absolute atomic E-state index is 12.0. The molecule has 1 aliphatic heterocycles. The molecule has 1 N–H and O–H groups in total. The number of aromatic nitrogens is 1. The smallest absolute Gasteiger partial charge is 0.323 e. The Hall–Kier alpha value is -1.43. The Bertz CT molecular complexity index is 436. The largest absolute Gasteiger partial charge is 0.324 e. The van der Waals surface area contributed by atoms with Gasteiger partial charge in [0, 0.05) is 25.4 Å². The molecule has 0 saturated carbocycles. The number of ketones is 1. The number of amides is 2.